The fourth-order valence-corrected chi connectivity index (χ4v) is 6.46. The first-order valence-corrected chi connectivity index (χ1v) is 12.1. The molecule has 5 atom stereocenters. The summed E-state index contributed by atoms with van der Waals surface area (Å²) in [4.78, 5) is 35.9. The molecule has 0 bridgehead atoms. The summed E-state index contributed by atoms with van der Waals surface area (Å²) in [5.41, 5.74) is -1.51. The molecule has 0 aromatic rings. The second-order valence-corrected chi connectivity index (χ2v) is 12.1. The van der Waals surface area contributed by atoms with Crippen molar-refractivity contribution in [3.05, 3.63) is 0 Å². The number of alkyl carbamates (subject to hydrolysis) is 1. The highest BCUT2D eigenvalue weighted by molar-refractivity contribution is 5.85. The second kappa shape index (κ2) is 9.80. The van der Waals surface area contributed by atoms with Crippen molar-refractivity contribution in [2.45, 2.75) is 111 Å². The van der Waals surface area contributed by atoms with Crippen molar-refractivity contribution < 1.29 is 34.1 Å². The van der Waals surface area contributed by atoms with Crippen molar-refractivity contribution in [1.82, 2.24) is 5.32 Å². The lowest BCUT2D eigenvalue weighted by Crippen LogP contribution is -2.57. The maximum Gasteiger partial charge on any atom is 0.408 e. The zero-order chi connectivity index (χ0) is 25.2. The number of hydrogen-bond acceptors (Lipinski definition) is 6. The Hall–Kier alpha value is -1.83. The van der Waals surface area contributed by atoms with Crippen molar-refractivity contribution in [3.8, 4) is 0 Å². The van der Waals surface area contributed by atoms with Crippen LogP contribution in [0.2, 0.25) is 0 Å². The standard InChI is InChI=1S/C25H43NO7/c1-22(2,3)33-21(30)26-16(15-19(27)28)20(29)32-14-10-18-24(6)12-8-11-23(4,5)17(24)9-13-25(18,7)31/h16-18,31H,8-15H2,1-7H3,(H,26,30)(H,27,28)/t16?,17-,18?,24-,25+/m0/s1. The van der Waals surface area contributed by atoms with Crippen molar-refractivity contribution in [2.24, 2.45) is 22.7 Å². The summed E-state index contributed by atoms with van der Waals surface area (Å²) in [6.07, 6.45) is 3.99. The topological polar surface area (TPSA) is 122 Å². The molecular formula is C25H43NO7. The van der Waals surface area contributed by atoms with Gasteiger partial charge in [-0.25, -0.2) is 9.59 Å². The second-order valence-electron chi connectivity index (χ2n) is 12.1. The van der Waals surface area contributed by atoms with Gasteiger partial charge in [0.15, 0.2) is 0 Å². The number of aliphatic carboxylic acids is 1. The van der Waals surface area contributed by atoms with Crippen LogP contribution in [0.3, 0.4) is 0 Å². The van der Waals surface area contributed by atoms with E-state index in [0.29, 0.717) is 18.8 Å². The highest BCUT2D eigenvalue weighted by atomic mass is 16.6. The molecule has 0 aromatic carbocycles. The van der Waals surface area contributed by atoms with Crippen LogP contribution >= 0.6 is 0 Å². The van der Waals surface area contributed by atoms with Gasteiger partial charge in [-0.1, -0.05) is 27.2 Å². The lowest BCUT2D eigenvalue weighted by molar-refractivity contribution is -0.176. The number of carboxylic acid groups (broad SMARTS) is 1. The Morgan fingerprint density at radius 1 is 1.09 bits per heavy atom. The van der Waals surface area contributed by atoms with Gasteiger partial charge in [-0.2, -0.15) is 0 Å². The summed E-state index contributed by atoms with van der Waals surface area (Å²) >= 11 is 0. The van der Waals surface area contributed by atoms with Crippen molar-refractivity contribution in [1.29, 1.82) is 0 Å². The average Bonchev–Trinajstić information content (AvgIpc) is 2.60. The van der Waals surface area contributed by atoms with Crippen molar-refractivity contribution >= 4 is 18.0 Å². The maximum atomic E-state index is 12.6. The van der Waals surface area contributed by atoms with Gasteiger partial charge in [0.1, 0.15) is 11.6 Å². The number of nitrogens with one attached hydrogen (secondary N) is 1. The van der Waals surface area contributed by atoms with Gasteiger partial charge in [-0.05, 0) is 82.5 Å². The molecule has 190 valence electrons. The molecule has 0 heterocycles. The first kappa shape index (κ1) is 27.4. The molecule has 0 aromatic heterocycles. The molecule has 2 rings (SSSR count). The number of rotatable bonds is 7. The lowest BCUT2D eigenvalue weighted by Gasteiger charge is -2.61. The van der Waals surface area contributed by atoms with E-state index >= 15 is 0 Å². The van der Waals surface area contributed by atoms with Gasteiger partial charge in [0.2, 0.25) is 0 Å². The summed E-state index contributed by atoms with van der Waals surface area (Å²) < 4.78 is 10.6. The molecule has 0 radical (unpaired) electrons. The van der Waals surface area contributed by atoms with Crippen LogP contribution in [0.1, 0.15) is 93.4 Å². The lowest BCUT2D eigenvalue weighted by atomic mass is 9.45. The SMILES string of the molecule is CC(C)(C)OC(=O)NC(CC(=O)O)C(=O)OCCC1[C@](C)(O)CC[C@H]2C(C)(C)CCC[C@]12C. The van der Waals surface area contributed by atoms with Crippen LogP contribution in [0.4, 0.5) is 4.79 Å². The van der Waals surface area contributed by atoms with E-state index in [-0.39, 0.29) is 23.4 Å². The summed E-state index contributed by atoms with van der Waals surface area (Å²) in [6.45, 7) is 13.8. The largest absolute Gasteiger partial charge is 0.481 e. The molecule has 2 aliphatic carbocycles. The molecule has 2 aliphatic rings. The zero-order valence-corrected chi connectivity index (χ0v) is 21.3. The van der Waals surface area contributed by atoms with Gasteiger partial charge in [-0.15, -0.1) is 0 Å². The predicted octanol–water partition coefficient (Wildman–Crippen LogP) is 4.28. The number of aliphatic hydroxyl groups is 1. The van der Waals surface area contributed by atoms with E-state index in [1.807, 2.05) is 6.92 Å². The van der Waals surface area contributed by atoms with Crippen LogP contribution in [0.15, 0.2) is 0 Å². The molecule has 8 heteroatoms. The molecule has 3 N–H and O–H groups in total. The normalized spacial score (nSPS) is 32.2. The third-order valence-corrected chi connectivity index (χ3v) is 7.77. The molecular weight excluding hydrogens is 426 g/mol. The Morgan fingerprint density at radius 2 is 1.73 bits per heavy atom. The van der Waals surface area contributed by atoms with E-state index in [1.54, 1.807) is 20.8 Å². The van der Waals surface area contributed by atoms with Gasteiger partial charge in [0.05, 0.1) is 18.6 Å². The smallest absolute Gasteiger partial charge is 0.408 e. The molecule has 0 aliphatic heterocycles. The third kappa shape index (κ3) is 6.84. The van der Waals surface area contributed by atoms with E-state index in [9.17, 15) is 19.5 Å². The van der Waals surface area contributed by atoms with Gasteiger partial charge >= 0.3 is 18.0 Å². The van der Waals surface area contributed by atoms with E-state index < -0.39 is 41.7 Å². The molecule has 2 fully saturated rings. The van der Waals surface area contributed by atoms with E-state index in [2.05, 4.69) is 26.1 Å². The highest BCUT2D eigenvalue weighted by Crippen LogP contribution is 2.62. The Morgan fingerprint density at radius 3 is 2.30 bits per heavy atom. The summed E-state index contributed by atoms with van der Waals surface area (Å²) in [5, 5.41) is 22.7. The predicted molar refractivity (Wildman–Crippen MR) is 124 cm³/mol. The number of ether oxygens (including phenoxy) is 2. The van der Waals surface area contributed by atoms with Crippen LogP contribution in [0, 0.1) is 22.7 Å². The molecule has 2 unspecified atom stereocenters. The fraction of sp³-hybridized carbons (Fsp3) is 0.880. The van der Waals surface area contributed by atoms with Crippen LogP contribution < -0.4 is 5.32 Å². The minimum Gasteiger partial charge on any atom is -0.481 e. The Balaban J connectivity index is 2.06. The summed E-state index contributed by atoms with van der Waals surface area (Å²) in [5.74, 6) is -1.62. The molecule has 0 spiro atoms. The summed E-state index contributed by atoms with van der Waals surface area (Å²) in [6, 6.07) is -1.35. The highest BCUT2D eigenvalue weighted by Gasteiger charge is 2.57. The number of amides is 1. The van der Waals surface area contributed by atoms with Crippen LogP contribution in [-0.2, 0) is 19.1 Å². The van der Waals surface area contributed by atoms with Crippen molar-refractivity contribution in [2.75, 3.05) is 6.61 Å². The Kier molecular flexibility index (Phi) is 8.14. The average molecular weight is 470 g/mol. The number of carbonyl (C=O) groups is 3. The van der Waals surface area contributed by atoms with Gasteiger partial charge < -0.3 is 25.0 Å². The fourth-order valence-electron chi connectivity index (χ4n) is 6.46. The Bertz CT molecular complexity index is 740. The molecule has 8 nitrogen and oxygen atoms in total. The van der Waals surface area contributed by atoms with Gasteiger partial charge in [0.25, 0.3) is 0 Å². The van der Waals surface area contributed by atoms with Crippen LogP contribution in [0.5, 0.6) is 0 Å². The monoisotopic (exact) mass is 469 g/mol. The quantitative estimate of drug-likeness (QED) is 0.476. The van der Waals surface area contributed by atoms with E-state index in [4.69, 9.17) is 14.6 Å². The minimum atomic E-state index is -1.35. The molecule has 1 amide bonds. The Labute approximate surface area is 197 Å². The molecule has 2 saturated carbocycles. The zero-order valence-electron chi connectivity index (χ0n) is 21.3. The molecule has 0 saturated heterocycles. The number of carboxylic acids is 1. The van der Waals surface area contributed by atoms with E-state index in [0.717, 1.165) is 19.3 Å². The van der Waals surface area contributed by atoms with Crippen LogP contribution in [0.25, 0.3) is 0 Å². The third-order valence-electron chi connectivity index (χ3n) is 7.77. The first-order valence-electron chi connectivity index (χ1n) is 12.1. The van der Waals surface area contributed by atoms with Gasteiger partial charge in [0, 0.05) is 0 Å². The summed E-state index contributed by atoms with van der Waals surface area (Å²) in [7, 11) is 0. The first-order chi connectivity index (χ1) is 15.0. The number of fused-ring (bicyclic) bond motifs is 1. The number of carbonyl (C=O) groups excluding carboxylic acids is 2. The minimum absolute atomic E-state index is 0.0483. The number of hydrogen-bond donors (Lipinski definition) is 3. The van der Waals surface area contributed by atoms with Crippen LogP contribution in [-0.4, -0.2) is 52.1 Å². The molecule has 33 heavy (non-hydrogen) atoms. The van der Waals surface area contributed by atoms with Gasteiger partial charge in [-0.3, -0.25) is 4.79 Å². The van der Waals surface area contributed by atoms with Crippen molar-refractivity contribution in [3.63, 3.8) is 0 Å². The number of esters is 1. The van der Waals surface area contributed by atoms with E-state index in [1.165, 1.54) is 6.42 Å². The maximum absolute atomic E-state index is 12.6.